The first-order valence-electron chi connectivity index (χ1n) is 5.22. The zero-order valence-electron chi connectivity index (χ0n) is 9.72. The van der Waals surface area contributed by atoms with Gasteiger partial charge in [-0.05, 0) is 5.56 Å². The predicted octanol–water partition coefficient (Wildman–Crippen LogP) is 3.02. The Bertz CT molecular complexity index is 612. The minimum atomic E-state index is -4.56. The van der Waals surface area contributed by atoms with E-state index in [0.29, 0.717) is 5.75 Å². The van der Waals surface area contributed by atoms with Crippen molar-refractivity contribution >= 4 is 17.4 Å². The van der Waals surface area contributed by atoms with Crippen LogP contribution in [0.15, 0.2) is 29.4 Å². The van der Waals surface area contributed by atoms with Gasteiger partial charge in [0.1, 0.15) is 0 Å². The Morgan fingerprint density at radius 3 is 2.45 bits per heavy atom. The Labute approximate surface area is 114 Å². The maximum atomic E-state index is 12.3. The normalized spacial score (nSPS) is 11.6. The molecule has 0 radical (unpaired) electrons. The van der Waals surface area contributed by atoms with Crippen molar-refractivity contribution in [2.24, 2.45) is 0 Å². The molecule has 0 aliphatic rings. The number of hydrogen-bond acceptors (Lipinski definition) is 5. The van der Waals surface area contributed by atoms with Crippen LogP contribution >= 0.6 is 11.8 Å². The Kier molecular flexibility index (Phi) is 3.93. The van der Waals surface area contributed by atoms with Crippen LogP contribution < -0.4 is 0 Å². The third-order valence-electron chi connectivity index (χ3n) is 2.25. The minimum absolute atomic E-state index is 0.0318. The zero-order valence-corrected chi connectivity index (χ0v) is 10.5. The van der Waals surface area contributed by atoms with E-state index in [9.17, 15) is 23.3 Å². The fraction of sp³-hybridized carbons (Fsp3) is 0.200. The van der Waals surface area contributed by atoms with E-state index in [-0.39, 0.29) is 10.8 Å². The number of nitrogens with zero attached hydrogens (tertiary/aromatic N) is 3. The Balaban J connectivity index is 1.98. The molecule has 10 heteroatoms. The van der Waals surface area contributed by atoms with Gasteiger partial charge in [0.15, 0.2) is 0 Å². The van der Waals surface area contributed by atoms with E-state index in [2.05, 4.69) is 10.1 Å². The second kappa shape index (κ2) is 5.49. The fourth-order valence-corrected chi connectivity index (χ4v) is 2.05. The smallest absolute Gasteiger partial charge is 0.258 e. The van der Waals surface area contributed by atoms with Gasteiger partial charge in [-0.25, -0.2) is 0 Å². The van der Waals surface area contributed by atoms with Crippen molar-refractivity contribution in [3.8, 4) is 0 Å². The number of nitro benzene ring substituents is 1. The number of nitrogens with one attached hydrogen (secondary N) is 1. The monoisotopic (exact) mass is 304 g/mol. The molecule has 106 valence electrons. The van der Waals surface area contributed by atoms with Gasteiger partial charge in [-0.3, -0.25) is 15.2 Å². The maximum Gasteiger partial charge on any atom is 0.451 e. The van der Waals surface area contributed by atoms with Crippen molar-refractivity contribution in [3.63, 3.8) is 0 Å². The zero-order chi connectivity index (χ0) is 14.8. The van der Waals surface area contributed by atoms with Crippen molar-refractivity contribution in [1.29, 1.82) is 0 Å². The average Bonchev–Trinajstić information content (AvgIpc) is 2.85. The van der Waals surface area contributed by atoms with Crippen LogP contribution in [0.25, 0.3) is 0 Å². The maximum absolute atomic E-state index is 12.3. The Hall–Kier alpha value is -2.10. The molecule has 6 nitrogen and oxygen atoms in total. The number of rotatable bonds is 4. The highest BCUT2D eigenvalue weighted by atomic mass is 32.2. The Morgan fingerprint density at radius 1 is 1.30 bits per heavy atom. The van der Waals surface area contributed by atoms with Crippen LogP contribution in [0.5, 0.6) is 0 Å². The molecule has 2 aromatic rings. The quantitative estimate of drug-likeness (QED) is 0.533. The number of aromatic nitrogens is 3. The van der Waals surface area contributed by atoms with Crippen LogP contribution in [0.4, 0.5) is 18.9 Å². The van der Waals surface area contributed by atoms with Crippen molar-refractivity contribution < 1.29 is 18.1 Å². The molecule has 0 saturated carbocycles. The summed E-state index contributed by atoms with van der Waals surface area (Å²) < 4.78 is 36.8. The number of nitro groups is 1. The van der Waals surface area contributed by atoms with E-state index in [1.54, 1.807) is 0 Å². The number of benzene rings is 1. The van der Waals surface area contributed by atoms with Gasteiger partial charge in [-0.15, -0.1) is 5.10 Å². The van der Waals surface area contributed by atoms with Crippen LogP contribution in [0.1, 0.15) is 11.4 Å². The highest BCUT2D eigenvalue weighted by Crippen LogP contribution is 2.28. The Morgan fingerprint density at radius 2 is 1.95 bits per heavy atom. The van der Waals surface area contributed by atoms with E-state index >= 15 is 0 Å². The lowest BCUT2D eigenvalue weighted by Crippen LogP contribution is -2.07. The third-order valence-corrected chi connectivity index (χ3v) is 3.17. The van der Waals surface area contributed by atoms with Crippen molar-refractivity contribution in [2.75, 3.05) is 0 Å². The third kappa shape index (κ3) is 3.47. The molecule has 0 amide bonds. The summed E-state index contributed by atoms with van der Waals surface area (Å²) in [7, 11) is 0. The van der Waals surface area contributed by atoms with Crippen molar-refractivity contribution in [3.05, 3.63) is 45.8 Å². The van der Waals surface area contributed by atoms with Gasteiger partial charge >= 0.3 is 6.18 Å². The first-order valence-corrected chi connectivity index (χ1v) is 6.20. The molecule has 2 rings (SSSR count). The summed E-state index contributed by atoms with van der Waals surface area (Å²) in [6.45, 7) is 0. The summed E-state index contributed by atoms with van der Waals surface area (Å²) in [4.78, 5) is 13.2. The summed E-state index contributed by atoms with van der Waals surface area (Å²) >= 11 is 1.00. The molecule has 0 fully saturated rings. The summed E-state index contributed by atoms with van der Waals surface area (Å²) in [5, 5.41) is 15.7. The van der Waals surface area contributed by atoms with E-state index in [4.69, 9.17) is 0 Å². The van der Waals surface area contributed by atoms with Crippen molar-refractivity contribution in [1.82, 2.24) is 15.2 Å². The number of hydrogen-bond donors (Lipinski definition) is 1. The molecule has 1 heterocycles. The molecule has 0 spiro atoms. The number of alkyl halides is 3. The molecule has 1 N–H and O–H groups in total. The van der Waals surface area contributed by atoms with Crippen LogP contribution in [0.2, 0.25) is 0 Å². The summed E-state index contributed by atoms with van der Waals surface area (Å²) in [5.74, 6) is -0.837. The molecule has 0 aliphatic carbocycles. The molecule has 0 atom stereocenters. The summed E-state index contributed by atoms with van der Waals surface area (Å²) in [6.07, 6.45) is -4.56. The van der Waals surface area contributed by atoms with E-state index in [1.165, 1.54) is 24.3 Å². The summed E-state index contributed by atoms with van der Waals surface area (Å²) in [6, 6.07) is 5.72. The highest BCUT2D eigenvalue weighted by molar-refractivity contribution is 7.98. The predicted molar refractivity (Wildman–Crippen MR) is 64.0 cm³/mol. The first kappa shape index (κ1) is 14.3. The number of H-pyrrole nitrogens is 1. The van der Waals surface area contributed by atoms with E-state index < -0.39 is 16.9 Å². The lowest BCUT2D eigenvalue weighted by atomic mass is 10.2. The molecule has 0 unspecified atom stereocenters. The van der Waals surface area contributed by atoms with E-state index in [0.717, 1.165) is 17.3 Å². The molecule has 0 bridgehead atoms. The lowest BCUT2D eigenvalue weighted by Gasteiger charge is -1.99. The molecule has 1 aromatic heterocycles. The van der Waals surface area contributed by atoms with Crippen LogP contribution in [-0.2, 0) is 11.9 Å². The average molecular weight is 304 g/mol. The minimum Gasteiger partial charge on any atom is -0.258 e. The number of halogens is 3. The largest absolute Gasteiger partial charge is 0.451 e. The van der Waals surface area contributed by atoms with E-state index in [1.807, 2.05) is 5.10 Å². The fourth-order valence-electron chi connectivity index (χ4n) is 1.30. The number of aromatic amines is 1. The number of thioether (sulfide) groups is 1. The molecule has 1 aromatic carbocycles. The molecule has 0 aliphatic heterocycles. The topological polar surface area (TPSA) is 84.7 Å². The van der Waals surface area contributed by atoms with Gasteiger partial charge < -0.3 is 0 Å². The molecule has 20 heavy (non-hydrogen) atoms. The van der Waals surface area contributed by atoms with Gasteiger partial charge in [0, 0.05) is 17.9 Å². The van der Waals surface area contributed by atoms with Gasteiger partial charge in [0.25, 0.3) is 5.69 Å². The van der Waals surface area contributed by atoms with Gasteiger partial charge in [0.05, 0.1) is 4.92 Å². The first-order chi connectivity index (χ1) is 9.36. The van der Waals surface area contributed by atoms with Gasteiger partial charge in [-0.2, -0.15) is 18.2 Å². The second-order valence-corrected chi connectivity index (χ2v) is 4.62. The standard InChI is InChI=1S/C10H7F3N4O2S/c11-10(12,13)8-14-9(16-15-8)20-5-6-1-3-7(4-2-6)17(18)19/h1-4H,5H2,(H,14,15,16). The molecular formula is C10H7F3N4O2S. The van der Waals surface area contributed by atoms with Gasteiger partial charge in [-0.1, -0.05) is 23.9 Å². The SMILES string of the molecule is O=[N+]([O-])c1ccc(CSc2n[nH]c(C(F)(F)F)n2)cc1. The number of non-ortho nitro benzene ring substituents is 1. The lowest BCUT2D eigenvalue weighted by molar-refractivity contribution is -0.384. The summed E-state index contributed by atoms with van der Waals surface area (Å²) in [5.41, 5.74) is 0.676. The molecular weight excluding hydrogens is 297 g/mol. The highest BCUT2D eigenvalue weighted by Gasteiger charge is 2.35. The van der Waals surface area contributed by atoms with Crippen molar-refractivity contribution in [2.45, 2.75) is 17.1 Å². The van der Waals surface area contributed by atoms with Gasteiger partial charge in [0.2, 0.25) is 11.0 Å². The van der Waals surface area contributed by atoms with Crippen LogP contribution in [-0.4, -0.2) is 20.1 Å². The van der Waals surface area contributed by atoms with Crippen LogP contribution in [0, 0.1) is 10.1 Å². The molecule has 0 saturated heterocycles. The second-order valence-electron chi connectivity index (χ2n) is 3.68. The van der Waals surface area contributed by atoms with Crippen LogP contribution in [0.3, 0.4) is 0 Å².